The summed E-state index contributed by atoms with van der Waals surface area (Å²) in [6.45, 7) is -0.0535. The molecule has 0 atom stereocenters. The zero-order chi connectivity index (χ0) is 21.6. The molecule has 0 saturated heterocycles. The first-order valence-electron chi connectivity index (χ1n) is 10.0. The van der Waals surface area contributed by atoms with Crippen LogP contribution < -0.4 is 10.1 Å². The Morgan fingerprint density at radius 2 is 2.00 bits per heavy atom. The molecule has 0 aliphatic heterocycles. The van der Waals surface area contributed by atoms with Gasteiger partial charge in [-0.25, -0.2) is 9.79 Å². The number of fused-ring (bicyclic) bond motifs is 1. The number of ether oxygens (including phenoxy) is 1. The number of aliphatic carboxylic acids is 1. The minimum atomic E-state index is -1.02. The largest absolute Gasteiger partial charge is 0.482 e. The Kier molecular flexibility index (Phi) is 6.47. The van der Waals surface area contributed by atoms with Gasteiger partial charge in [-0.05, 0) is 73.2 Å². The molecule has 160 valence electrons. The SMILES string of the molecule is O=C(O)COc1ccc(C=Nc2sc3c(c2C(=O)NCc2ccco2)CCCC3)cc1. The number of hydrogen-bond donors (Lipinski definition) is 2. The van der Waals surface area contributed by atoms with E-state index in [-0.39, 0.29) is 12.5 Å². The smallest absolute Gasteiger partial charge is 0.341 e. The summed E-state index contributed by atoms with van der Waals surface area (Å²) < 4.78 is 10.5. The van der Waals surface area contributed by atoms with Crippen LogP contribution in [0.5, 0.6) is 5.75 Å². The number of rotatable bonds is 8. The molecule has 1 amide bonds. The fourth-order valence-corrected chi connectivity index (χ4v) is 4.70. The van der Waals surface area contributed by atoms with Gasteiger partial charge in [-0.3, -0.25) is 4.79 Å². The Bertz CT molecular complexity index is 1080. The van der Waals surface area contributed by atoms with Crippen LogP contribution in [0.4, 0.5) is 5.00 Å². The van der Waals surface area contributed by atoms with E-state index in [2.05, 4.69) is 10.3 Å². The molecule has 0 saturated carbocycles. The highest BCUT2D eigenvalue weighted by molar-refractivity contribution is 7.16. The summed E-state index contributed by atoms with van der Waals surface area (Å²) >= 11 is 1.58. The first kappa shape index (κ1) is 20.9. The Hall–Kier alpha value is -3.39. The predicted molar refractivity (Wildman–Crippen MR) is 118 cm³/mol. The van der Waals surface area contributed by atoms with Crippen LogP contribution in [0.15, 0.2) is 52.1 Å². The fourth-order valence-electron chi connectivity index (χ4n) is 3.47. The zero-order valence-electron chi connectivity index (χ0n) is 16.8. The fraction of sp³-hybridized carbons (Fsp3) is 0.261. The van der Waals surface area contributed by atoms with Crippen LogP contribution in [0.25, 0.3) is 0 Å². The summed E-state index contributed by atoms with van der Waals surface area (Å²) in [5, 5.41) is 12.3. The number of carboxylic acid groups (broad SMARTS) is 1. The summed E-state index contributed by atoms with van der Waals surface area (Å²) in [4.78, 5) is 29.5. The summed E-state index contributed by atoms with van der Waals surface area (Å²) in [5.74, 6) is 0.0161. The van der Waals surface area contributed by atoms with Crippen LogP contribution in [-0.2, 0) is 24.2 Å². The van der Waals surface area contributed by atoms with Crippen molar-refractivity contribution in [1.29, 1.82) is 0 Å². The van der Waals surface area contributed by atoms with Crippen LogP contribution in [0.1, 0.15) is 45.0 Å². The quantitative estimate of drug-likeness (QED) is 0.509. The first-order chi connectivity index (χ1) is 15.1. The van der Waals surface area contributed by atoms with Gasteiger partial charge in [0.2, 0.25) is 0 Å². The molecule has 1 aromatic carbocycles. The maximum absolute atomic E-state index is 13.0. The third kappa shape index (κ3) is 5.21. The van der Waals surface area contributed by atoms with Crippen molar-refractivity contribution in [1.82, 2.24) is 5.32 Å². The number of amides is 1. The second kappa shape index (κ2) is 9.61. The van der Waals surface area contributed by atoms with Crippen molar-refractivity contribution in [3.8, 4) is 5.75 Å². The summed E-state index contributed by atoms with van der Waals surface area (Å²) in [7, 11) is 0. The van der Waals surface area contributed by atoms with Crippen molar-refractivity contribution >= 4 is 34.4 Å². The molecule has 0 unspecified atom stereocenters. The van der Waals surface area contributed by atoms with Crippen LogP contribution in [-0.4, -0.2) is 29.8 Å². The molecule has 3 aromatic rings. The van der Waals surface area contributed by atoms with Gasteiger partial charge < -0.3 is 19.6 Å². The third-order valence-electron chi connectivity index (χ3n) is 4.96. The Morgan fingerprint density at radius 3 is 2.74 bits per heavy atom. The number of carbonyl (C=O) groups excluding carboxylic acids is 1. The van der Waals surface area contributed by atoms with Gasteiger partial charge in [0.15, 0.2) is 6.61 Å². The average Bonchev–Trinajstić information content (AvgIpc) is 3.43. The number of furan rings is 1. The number of carbonyl (C=O) groups is 2. The van der Waals surface area contributed by atoms with Gasteiger partial charge in [0.05, 0.1) is 18.4 Å². The summed E-state index contributed by atoms with van der Waals surface area (Å²) in [6.07, 6.45) is 7.36. The number of aliphatic imine (C=N–C) groups is 1. The monoisotopic (exact) mass is 438 g/mol. The standard InChI is InChI=1S/C23H22N2O5S/c26-20(27)14-30-16-9-7-15(8-10-16)12-25-23-21(18-5-1-2-6-19(18)31-23)22(28)24-13-17-4-3-11-29-17/h3-4,7-12H,1-2,5-6,13-14H2,(H,24,28)(H,26,27). The molecular weight excluding hydrogens is 416 g/mol. The molecule has 2 N–H and O–H groups in total. The van der Waals surface area contributed by atoms with Crippen LogP contribution in [0.2, 0.25) is 0 Å². The van der Waals surface area contributed by atoms with Gasteiger partial charge in [0.25, 0.3) is 5.91 Å². The Labute approximate surface area is 183 Å². The Balaban J connectivity index is 1.52. The molecular formula is C23H22N2O5S. The molecule has 7 nitrogen and oxygen atoms in total. The van der Waals surface area contributed by atoms with Crippen LogP contribution in [0, 0.1) is 0 Å². The van der Waals surface area contributed by atoms with E-state index in [9.17, 15) is 9.59 Å². The number of hydrogen-bond acceptors (Lipinski definition) is 6. The molecule has 0 bridgehead atoms. The molecule has 0 radical (unpaired) electrons. The average molecular weight is 439 g/mol. The maximum atomic E-state index is 13.0. The normalized spacial score (nSPS) is 13.2. The molecule has 0 fully saturated rings. The van der Waals surface area contributed by atoms with E-state index in [1.165, 1.54) is 4.88 Å². The molecule has 8 heteroatoms. The van der Waals surface area contributed by atoms with E-state index in [4.69, 9.17) is 14.3 Å². The van der Waals surface area contributed by atoms with E-state index in [1.54, 1.807) is 54.1 Å². The number of nitrogens with zero attached hydrogens (tertiary/aromatic N) is 1. The van der Waals surface area contributed by atoms with Gasteiger partial charge in [-0.15, -0.1) is 11.3 Å². The minimum absolute atomic E-state index is 0.139. The van der Waals surface area contributed by atoms with Crippen molar-refractivity contribution in [2.24, 2.45) is 4.99 Å². The van der Waals surface area contributed by atoms with E-state index < -0.39 is 5.97 Å². The molecule has 1 aliphatic carbocycles. The van der Waals surface area contributed by atoms with E-state index in [1.807, 2.05) is 6.07 Å². The molecule has 1 aliphatic rings. The Morgan fingerprint density at radius 1 is 1.19 bits per heavy atom. The highest BCUT2D eigenvalue weighted by Crippen LogP contribution is 2.39. The number of carboxylic acids is 1. The van der Waals surface area contributed by atoms with Gasteiger partial charge in [0.1, 0.15) is 16.5 Å². The highest BCUT2D eigenvalue weighted by atomic mass is 32.1. The van der Waals surface area contributed by atoms with Crippen molar-refractivity contribution in [3.05, 3.63) is 70.0 Å². The highest BCUT2D eigenvalue weighted by Gasteiger charge is 2.25. The topological polar surface area (TPSA) is 101 Å². The maximum Gasteiger partial charge on any atom is 0.341 e. The van der Waals surface area contributed by atoms with Crippen molar-refractivity contribution in [2.45, 2.75) is 32.2 Å². The zero-order valence-corrected chi connectivity index (χ0v) is 17.6. The van der Waals surface area contributed by atoms with Gasteiger partial charge >= 0.3 is 5.97 Å². The lowest BCUT2D eigenvalue weighted by molar-refractivity contribution is -0.139. The molecule has 2 aromatic heterocycles. The number of thiophene rings is 1. The lowest BCUT2D eigenvalue weighted by atomic mass is 9.95. The van der Waals surface area contributed by atoms with Crippen molar-refractivity contribution < 1.29 is 23.8 Å². The van der Waals surface area contributed by atoms with Gasteiger partial charge in [0, 0.05) is 11.1 Å². The number of nitrogens with one attached hydrogen (secondary N) is 1. The van der Waals surface area contributed by atoms with Crippen molar-refractivity contribution in [2.75, 3.05) is 6.61 Å². The minimum Gasteiger partial charge on any atom is -0.482 e. The molecule has 2 heterocycles. The molecule has 0 spiro atoms. The molecule has 31 heavy (non-hydrogen) atoms. The van der Waals surface area contributed by atoms with Gasteiger partial charge in [-0.1, -0.05) is 0 Å². The van der Waals surface area contributed by atoms with E-state index >= 15 is 0 Å². The number of aryl methyl sites for hydroxylation is 1. The predicted octanol–water partition coefficient (Wildman–Crippen LogP) is 4.36. The van der Waals surface area contributed by atoms with E-state index in [0.29, 0.717) is 28.6 Å². The lowest BCUT2D eigenvalue weighted by Crippen LogP contribution is -2.23. The summed E-state index contributed by atoms with van der Waals surface area (Å²) in [6, 6.07) is 10.6. The lowest BCUT2D eigenvalue weighted by Gasteiger charge is -2.12. The van der Waals surface area contributed by atoms with Crippen LogP contribution >= 0.6 is 11.3 Å². The third-order valence-corrected chi connectivity index (χ3v) is 6.16. The second-order valence-electron chi connectivity index (χ2n) is 7.16. The van der Waals surface area contributed by atoms with E-state index in [0.717, 1.165) is 36.8 Å². The van der Waals surface area contributed by atoms with Crippen LogP contribution in [0.3, 0.4) is 0 Å². The van der Waals surface area contributed by atoms with Crippen molar-refractivity contribution in [3.63, 3.8) is 0 Å². The van der Waals surface area contributed by atoms with Gasteiger partial charge in [-0.2, -0.15) is 0 Å². The number of benzene rings is 1. The summed E-state index contributed by atoms with van der Waals surface area (Å²) in [5.41, 5.74) is 2.60. The molecule has 4 rings (SSSR count). The first-order valence-corrected chi connectivity index (χ1v) is 10.9. The second-order valence-corrected chi connectivity index (χ2v) is 8.25.